The molecule has 1 aliphatic carbocycles. The van der Waals surface area contributed by atoms with E-state index in [1.807, 2.05) is 0 Å². The van der Waals surface area contributed by atoms with Crippen molar-refractivity contribution in [3.8, 4) is 0 Å². The van der Waals surface area contributed by atoms with Crippen LogP contribution in [-0.2, 0) is 9.53 Å². The zero-order valence-corrected chi connectivity index (χ0v) is 11.2. The van der Waals surface area contributed by atoms with Gasteiger partial charge in [0, 0.05) is 6.92 Å². The molecule has 2 unspecified atom stereocenters. The normalized spacial score (nSPS) is 28.8. The molecule has 94 valence electrons. The van der Waals surface area contributed by atoms with E-state index < -0.39 is 0 Å². The van der Waals surface area contributed by atoms with Crippen LogP contribution in [0.1, 0.15) is 59.8 Å². The first-order chi connectivity index (χ1) is 7.43. The first-order valence-corrected chi connectivity index (χ1v) is 6.57. The van der Waals surface area contributed by atoms with Gasteiger partial charge in [0.05, 0.1) is 6.61 Å². The Morgan fingerprint density at radius 1 is 1.44 bits per heavy atom. The molecule has 0 bridgehead atoms. The number of rotatable bonds is 4. The Labute approximate surface area is 99.8 Å². The topological polar surface area (TPSA) is 26.3 Å². The summed E-state index contributed by atoms with van der Waals surface area (Å²) in [5.74, 6) is 1.45. The molecular formula is C14H26O2. The van der Waals surface area contributed by atoms with Crippen molar-refractivity contribution in [2.75, 3.05) is 6.61 Å². The van der Waals surface area contributed by atoms with E-state index in [0.29, 0.717) is 12.0 Å². The standard InChI is InChI=1S/C14H26O2/c1-11-7-5-9-14(3,4)13(11)8-6-10-16-12(2)15/h11,13H,5-10H2,1-4H3. The van der Waals surface area contributed by atoms with Gasteiger partial charge in [0.25, 0.3) is 0 Å². The Balaban J connectivity index is 2.35. The maximum atomic E-state index is 10.7. The van der Waals surface area contributed by atoms with Crippen LogP contribution in [0.4, 0.5) is 0 Å². The minimum Gasteiger partial charge on any atom is -0.466 e. The predicted molar refractivity (Wildman–Crippen MR) is 66.2 cm³/mol. The summed E-state index contributed by atoms with van der Waals surface area (Å²) in [5, 5.41) is 0. The van der Waals surface area contributed by atoms with Gasteiger partial charge in [0.2, 0.25) is 0 Å². The largest absolute Gasteiger partial charge is 0.466 e. The van der Waals surface area contributed by atoms with Gasteiger partial charge in [-0.3, -0.25) is 4.79 Å². The van der Waals surface area contributed by atoms with E-state index in [-0.39, 0.29) is 5.97 Å². The van der Waals surface area contributed by atoms with Crippen LogP contribution in [0, 0.1) is 17.3 Å². The van der Waals surface area contributed by atoms with Gasteiger partial charge in [0.1, 0.15) is 0 Å². The van der Waals surface area contributed by atoms with Crippen LogP contribution in [0.25, 0.3) is 0 Å². The van der Waals surface area contributed by atoms with Crippen LogP contribution in [0.3, 0.4) is 0 Å². The third kappa shape index (κ3) is 3.80. The molecule has 0 aromatic heterocycles. The Morgan fingerprint density at radius 3 is 2.69 bits per heavy atom. The highest BCUT2D eigenvalue weighted by Crippen LogP contribution is 2.45. The summed E-state index contributed by atoms with van der Waals surface area (Å²) < 4.78 is 5.00. The SMILES string of the molecule is CC(=O)OCCCC1C(C)CCCC1(C)C. The molecule has 2 heteroatoms. The number of hydrogen-bond donors (Lipinski definition) is 0. The van der Waals surface area contributed by atoms with Crippen LogP contribution in [0.2, 0.25) is 0 Å². The molecular weight excluding hydrogens is 200 g/mol. The molecule has 0 aliphatic heterocycles. The predicted octanol–water partition coefficient (Wildman–Crippen LogP) is 3.79. The van der Waals surface area contributed by atoms with E-state index in [4.69, 9.17) is 4.74 Å². The summed E-state index contributed by atoms with van der Waals surface area (Å²) in [6.45, 7) is 9.22. The molecule has 0 N–H and O–H groups in total. The average Bonchev–Trinajstić information content (AvgIpc) is 2.14. The minimum atomic E-state index is -0.157. The van der Waals surface area contributed by atoms with Crippen molar-refractivity contribution in [2.24, 2.45) is 17.3 Å². The number of carbonyl (C=O) groups is 1. The van der Waals surface area contributed by atoms with Crippen LogP contribution in [-0.4, -0.2) is 12.6 Å². The monoisotopic (exact) mass is 226 g/mol. The summed E-state index contributed by atoms with van der Waals surface area (Å²) in [5.41, 5.74) is 0.466. The summed E-state index contributed by atoms with van der Waals surface area (Å²) in [7, 11) is 0. The lowest BCUT2D eigenvalue weighted by atomic mass is 9.63. The van der Waals surface area contributed by atoms with E-state index in [1.54, 1.807) is 0 Å². The van der Waals surface area contributed by atoms with Gasteiger partial charge in [-0.25, -0.2) is 0 Å². The minimum absolute atomic E-state index is 0.157. The molecule has 0 amide bonds. The molecule has 1 rings (SSSR count). The van der Waals surface area contributed by atoms with E-state index in [9.17, 15) is 4.79 Å². The lowest BCUT2D eigenvalue weighted by Gasteiger charge is -2.43. The molecule has 0 spiro atoms. The first-order valence-electron chi connectivity index (χ1n) is 6.57. The maximum absolute atomic E-state index is 10.7. The highest BCUT2D eigenvalue weighted by Gasteiger charge is 2.35. The zero-order chi connectivity index (χ0) is 12.2. The fourth-order valence-corrected chi connectivity index (χ4v) is 3.23. The van der Waals surface area contributed by atoms with Crippen LogP contribution < -0.4 is 0 Å². The Hall–Kier alpha value is -0.530. The molecule has 0 heterocycles. The van der Waals surface area contributed by atoms with Crippen LogP contribution >= 0.6 is 0 Å². The highest BCUT2D eigenvalue weighted by atomic mass is 16.5. The second-order valence-corrected chi connectivity index (χ2v) is 5.95. The number of carbonyl (C=O) groups excluding carboxylic acids is 1. The Kier molecular flexibility index (Phi) is 4.82. The fourth-order valence-electron chi connectivity index (χ4n) is 3.23. The summed E-state index contributed by atoms with van der Waals surface area (Å²) >= 11 is 0. The number of esters is 1. The van der Waals surface area contributed by atoms with Crippen LogP contribution in [0.5, 0.6) is 0 Å². The molecule has 0 saturated heterocycles. The molecule has 1 fully saturated rings. The van der Waals surface area contributed by atoms with Crippen molar-refractivity contribution < 1.29 is 9.53 Å². The molecule has 16 heavy (non-hydrogen) atoms. The summed E-state index contributed by atoms with van der Waals surface area (Å²) in [6, 6.07) is 0. The third-order valence-corrected chi connectivity index (χ3v) is 4.14. The van der Waals surface area contributed by atoms with E-state index in [1.165, 1.54) is 32.6 Å². The second-order valence-electron chi connectivity index (χ2n) is 5.95. The van der Waals surface area contributed by atoms with Crippen molar-refractivity contribution in [2.45, 2.75) is 59.8 Å². The van der Waals surface area contributed by atoms with Crippen molar-refractivity contribution >= 4 is 5.97 Å². The average molecular weight is 226 g/mol. The Morgan fingerprint density at radius 2 is 2.12 bits per heavy atom. The van der Waals surface area contributed by atoms with Gasteiger partial charge in [-0.05, 0) is 36.5 Å². The quantitative estimate of drug-likeness (QED) is 0.538. The lowest BCUT2D eigenvalue weighted by molar-refractivity contribution is -0.141. The van der Waals surface area contributed by atoms with Crippen LogP contribution in [0.15, 0.2) is 0 Å². The Bertz CT molecular complexity index is 233. The zero-order valence-electron chi connectivity index (χ0n) is 11.2. The lowest BCUT2D eigenvalue weighted by Crippen LogP contribution is -2.33. The third-order valence-electron chi connectivity index (χ3n) is 4.14. The van der Waals surface area contributed by atoms with Crippen molar-refractivity contribution in [1.82, 2.24) is 0 Å². The van der Waals surface area contributed by atoms with Gasteiger partial charge in [-0.1, -0.05) is 33.6 Å². The summed E-state index contributed by atoms with van der Waals surface area (Å²) in [6.07, 6.45) is 6.28. The van der Waals surface area contributed by atoms with E-state index in [0.717, 1.165) is 18.3 Å². The molecule has 2 atom stereocenters. The number of hydrogen-bond acceptors (Lipinski definition) is 2. The fraction of sp³-hybridized carbons (Fsp3) is 0.929. The highest BCUT2D eigenvalue weighted by molar-refractivity contribution is 5.65. The molecule has 2 nitrogen and oxygen atoms in total. The van der Waals surface area contributed by atoms with Gasteiger partial charge in [0.15, 0.2) is 0 Å². The molecule has 0 radical (unpaired) electrons. The van der Waals surface area contributed by atoms with E-state index in [2.05, 4.69) is 20.8 Å². The smallest absolute Gasteiger partial charge is 0.302 e. The van der Waals surface area contributed by atoms with Crippen molar-refractivity contribution in [1.29, 1.82) is 0 Å². The van der Waals surface area contributed by atoms with Crippen molar-refractivity contribution in [3.05, 3.63) is 0 Å². The van der Waals surface area contributed by atoms with Crippen molar-refractivity contribution in [3.63, 3.8) is 0 Å². The van der Waals surface area contributed by atoms with Gasteiger partial charge in [-0.15, -0.1) is 0 Å². The molecule has 0 aromatic carbocycles. The maximum Gasteiger partial charge on any atom is 0.302 e. The molecule has 1 saturated carbocycles. The molecule has 0 aromatic rings. The van der Waals surface area contributed by atoms with Gasteiger partial charge >= 0.3 is 5.97 Å². The first kappa shape index (κ1) is 13.5. The second kappa shape index (κ2) is 5.70. The van der Waals surface area contributed by atoms with Gasteiger partial charge in [-0.2, -0.15) is 0 Å². The van der Waals surface area contributed by atoms with Gasteiger partial charge < -0.3 is 4.74 Å². The number of ether oxygens (including phenoxy) is 1. The van der Waals surface area contributed by atoms with E-state index >= 15 is 0 Å². The molecule has 1 aliphatic rings. The summed E-state index contributed by atoms with van der Waals surface area (Å²) in [4.78, 5) is 10.7.